The van der Waals surface area contributed by atoms with Crippen molar-refractivity contribution in [3.05, 3.63) is 208 Å². The van der Waals surface area contributed by atoms with E-state index in [2.05, 4.69) is 50.8 Å². The maximum absolute atomic E-state index is 15.4. The number of imidazole rings is 4. The lowest BCUT2D eigenvalue weighted by Crippen LogP contribution is -2.43. The van der Waals surface area contributed by atoms with Crippen molar-refractivity contribution in [2.45, 2.75) is 234 Å². The van der Waals surface area contributed by atoms with Gasteiger partial charge in [-0.15, -0.1) is 0 Å². The van der Waals surface area contributed by atoms with Crippen molar-refractivity contribution in [3.63, 3.8) is 0 Å². The number of halogens is 10. The number of likely N-dealkylation sites (N-methyl/N-ethyl adjacent to an activating group) is 1. The molecule has 0 bridgehead atoms. The van der Waals surface area contributed by atoms with E-state index in [0.29, 0.717) is 159 Å². The highest BCUT2D eigenvalue weighted by molar-refractivity contribution is 6.32. The Bertz CT molecular complexity index is 6520. The number of alkyl halides is 2. The number of anilines is 4. The van der Waals surface area contributed by atoms with E-state index in [9.17, 15) is 33.1 Å². The maximum Gasteiger partial charge on any atom is 0.260 e. The van der Waals surface area contributed by atoms with Gasteiger partial charge in [-0.25, -0.2) is 66.2 Å². The number of benzene rings is 4. The van der Waals surface area contributed by atoms with Crippen molar-refractivity contribution in [1.29, 1.82) is 0 Å². The summed E-state index contributed by atoms with van der Waals surface area (Å²) in [6.45, 7) is 32.6. The number of hydrogen-bond acceptors (Lipinski definition) is 23. The molecule has 137 heavy (non-hydrogen) atoms. The van der Waals surface area contributed by atoms with Gasteiger partial charge in [-0.2, -0.15) is 0 Å². The van der Waals surface area contributed by atoms with Gasteiger partial charge in [-0.05, 0) is 160 Å². The van der Waals surface area contributed by atoms with Gasteiger partial charge in [0, 0.05) is 147 Å². The normalized spacial score (nSPS) is 15.9. The molecule has 15 rings (SSSR count). The fourth-order valence-corrected chi connectivity index (χ4v) is 17.8. The van der Waals surface area contributed by atoms with Gasteiger partial charge in [0.25, 0.3) is 29.6 Å². The SMILES string of the molecule is CCOCC1(NC(=O)c2c(F)c(Cl)cc(C(C)c3nc(C)c4c(N)nccn34)c2OC(C)C)CC1.Cc1nc(C(C)c2cc(Cl)c(F)c(C(=O)N3CCC(F)(F)CC3)c2OC(C)C)n2ccnc(N)c12.Cc1nc(C(C)c2cc(Cl)c(F)c(C(=O)NC3CCC(O)C3)c2OC(C)C)n2ccnc(N)c12.Cc1nc(C(C)c2cc(Cl)c(F)c(C(=O)NCCN(C)C)c2OC(C)C)n2ccnc(N)c12. The molecular weight excluding hydrogens is 1860 g/mol. The Balaban J connectivity index is 0.000000164. The van der Waals surface area contributed by atoms with E-state index in [1.165, 1.54) is 29.2 Å². The third kappa shape index (κ3) is 22.7. The zero-order chi connectivity index (χ0) is 100. The summed E-state index contributed by atoms with van der Waals surface area (Å²) in [5.41, 5.74) is 30.3. The molecule has 12 N–H and O–H groups in total. The second-order valence-corrected chi connectivity index (χ2v) is 37.6. The van der Waals surface area contributed by atoms with Crippen LogP contribution in [0.4, 0.5) is 49.6 Å². The lowest BCUT2D eigenvalue weighted by atomic mass is 9.95. The van der Waals surface area contributed by atoms with Crippen LogP contribution in [0.15, 0.2) is 73.8 Å². The standard InChI is InChI=1S/C25H31ClFN5O3.C24H27ClF3N5O2.C24H29ClFN5O3.C23H30ClFN6O2/c1-6-34-12-25(7-8-25)31-24(33)18-19(27)17(26)11-16(21(18)35-13(2)3)14(4)23-30-15(5)20-22(28)29-9-10-32(20)23;1-12(2)35-20-15(13(3)22-31-14(4)19-21(29)30-7-10-33(19)22)11-16(25)18(26)17(20)23(34)32-8-5-24(27,28)6-9-32;1-11(2)34-21-16(12(3)23-29-13(4)20-22(27)28-7-8-31(20)23)10-17(25)19(26)18(21)24(33)30-14-5-6-15(32)9-14;1-12(2)33-20-15(11-16(24)18(25)17(20)23(32)28-7-9-30(5)6)13(3)22-29-14(4)19-21(26)27-8-10-31(19)22/h9-11,13-14H,6-8,12H2,1-5H3,(H2,28,29)(H,31,33);7,10-13H,5-6,8-9H2,1-4H3,(H2,29,30);7-8,10-12,14-15,32H,5-6,9H2,1-4H3,(H2,27,28)(H,30,33);8,10-13H,7,9H2,1-6H3,(H2,26,27)(H,28,32). The Morgan fingerprint density at radius 2 is 0.803 bits per heavy atom. The molecule has 4 amide bonds. The summed E-state index contributed by atoms with van der Waals surface area (Å²) >= 11 is 25.1. The molecule has 8 aromatic heterocycles. The number of piperidine rings is 1. The number of hydrogen-bond donors (Lipinski definition) is 8. The molecule has 1 saturated heterocycles. The third-order valence-electron chi connectivity index (χ3n) is 23.8. The summed E-state index contributed by atoms with van der Waals surface area (Å²) in [6.07, 6.45) is 13.7. The monoisotopic (exact) mass is 1980 g/mol. The lowest BCUT2D eigenvalue weighted by Gasteiger charge is -2.32. The fraction of sp³-hybridized carbons (Fsp3) is 0.458. The first-order valence-corrected chi connectivity index (χ1v) is 46.7. The van der Waals surface area contributed by atoms with Gasteiger partial charge >= 0.3 is 0 Å². The molecule has 736 valence electrons. The van der Waals surface area contributed by atoms with Crippen LogP contribution in [-0.4, -0.2) is 198 Å². The number of nitrogens with zero attached hydrogens (tertiary/aromatic N) is 14. The number of carbonyl (C=O) groups is 4. The molecule has 12 aromatic rings. The lowest BCUT2D eigenvalue weighted by molar-refractivity contribution is -0.0495. The van der Waals surface area contributed by atoms with Gasteiger partial charge < -0.3 is 77.5 Å². The molecule has 0 spiro atoms. The zero-order valence-corrected chi connectivity index (χ0v) is 82.9. The number of carbonyl (C=O) groups excluding carboxylic acids is 4. The molecule has 9 heterocycles. The van der Waals surface area contributed by atoms with Crippen LogP contribution in [-0.2, 0) is 4.74 Å². The van der Waals surface area contributed by atoms with Gasteiger partial charge in [0.05, 0.1) is 85.5 Å². The molecule has 3 aliphatic rings. The smallest absolute Gasteiger partial charge is 0.260 e. The Kier molecular flexibility index (Phi) is 32.8. The second kappa shape index (κ2) is 43.1. The average Bonchev–Trinajstić information content (AvgIpc) is 1.70. The minimum atomic E-state index is -2.85. The van der Waals surface area contributed by atoms with Crippen LogP contribution in [0.25, 0.3) is 22.1 Å². The molecule has 6 unspecified atom stereocenters. The van der Waals surface area contributed by atoms with Crippen LogP contribution in [0.2, 0.25) is 20.1 Å². The molecule has 6 atom stereocenters. The summed E-state index contributed by atoms with van der Waals surface area (Å²) in [7, 11) is 3.77. The van der Waals surface area contributed by atoms with Gasteiger partial charge in [0.15, 0.2) is 23.3 Å². The first-order chi connectivity index (χ1) is 64.6. The van der Waals surface area contributed by atoms with E-state index in [0.717, 1.165) is 12.8 Å². The topological polar surface area (TPSA) is 402 Å². The van der Waals surface area contributed by atoms with Crippen LogP contribution in [0.3, 0.4) is 0 Å². The molecule has 0 radical (unpaired) electrons. The number of aryl methyl sites for hydroxylation is 4. The van der Waals surface area contributed by atoms with Crippen LogP contribution in [0.1, 0.15) is 268 Å². The molecule has 31 nitrogen and oxygen atoms in total. The third-order valence-corrected chi connectivity index (χ3v) is 24.9. The van der Waals surface area contributed by atoms with Crippen LogP contribution >= 0.6 is 46.4 Å². The van der Waals surface area contributed by atoms with E-state index >= 15 is 17.6 Å². The molecule has 4 aromatic carbocycles. The van der Waals surface area contributed by atoms with Crippen molar-refractivity contribution in [2.24, 2.45) is 0 Å². The molecule has 2 saturated carbocycles. The quantitative estimate of drug-likeness (QED) is 0.0211. The minimum absolute atomic E-state index is 0.0214. The number of aliphatic hydroxyl groups is 1. The first-order valence-electron chi connectivity index (χ1n) is 45.2. The number of aromatic nitrogens is 12. The van der Waals surface area contributed by atoms with Crippen molar-refractivity contribution >= 4 is 115 Å². The Morgan fingerprint density at radius 3 is 1.10 bits per heavy atom. The largest absolute Gasteiger partial charge is 0.490 e. The van der Waals surface area contributed by atoms with E-state index in [4.69, 9.17) is 98.0 Å². The Morgan fingerprint density at radius 1 is 0.489 bits per heavy atom. The van der Waals surface area contributed by atoms with Gasteiger partial charge in [-0.1, -0.05) is 74.1 Å². The Labute approximate surface area is 809 Å². The predicted octanol–water partition coefficient (Wildman–Crippen LogP) is 17.5. The minimum Gasteiger partial charge on any atom is -0.490 e. The number of fused-ring (bicyclic) bond motifs is 4. The summed E-state index contributed by atoms with van der Waals surface area (Å²) < 4.78 is 126. The van der Waals surface area contributed by atoms with Crippen molar-refractivity contribution in [3.8, 4) is 23.0 Å². The van der Waals surface area contributed by atoms with E-state index in [1.54, 1.807) is 88.6 Å². The van der Waals surface area contributed by atoms with E-state index < -0.39 is 107 Å². The van der Waals surface area contributed by atoms with Crippen LogP contribution < -0.4 is 57.8 Å². The molecular formula is C96H117Cl4F6N21O10. The number of aliphatic hydroxyl groups excluding tert-OH is 1. The van der Waals surface area contributed by atoms with Gasteiger partial charge in [0.1, 0.15) is 114 Å². The number of likely N-dealkylation sites (tertiary alicyclic amines) is 1. The van der Waals surface area contributed by atoms with Crippen molar-refractivity contribution in [1.82, 2.24) is 83.2 Å². The van der Waals surface area contributed by atoms with Crippen LogP contribution in [0, 0.1) is 51.0 Å². The van der Waals surface area contributed by atoms with Crippen molar-refractivity contribution in [2.75, 3.05) is 76.4 Å². The summed E-state index contributed by atoms with van der Waals surface area (Å²) in [4.78, 5) is 91.5. The number of nitrogens with one attached hydrogen (secondary N) is 3. The van der Waals surface area contributed by atoms with Gasteiger partial charge in [0.2, 0.25) is 0 Å². The maximum atomic E-state index is 15.4. The van der Waals surface area contributed by atoms with E-state index in [-0.39, 0.29) is 103 Å². The van der Waals surface area contributed by atoms with Crippen molar-refractivity contribution < 1.29 is 74.3 Å². The number of amides is 4. The van der Waals surface area contributed by atoms with Gasteiger partial charge in [-0.3, -0.25) is 36.8 Å². The number of rotatable bonds is 28. The number of nitrogen functional groups attached to an aromatic ring is 4. The zero-order valence-electron chi connectivity index (χ0n) is 79.9. The molecule has 41 heteroatoms. The highest BCUT2D eigenvalue weighted by Crippen LogP contribution is 2.47. The average molecular weight is 1980 g/mol. The number of ether oxygens (including phenoxy) is 5. The highest BCUT2D eigenvalue weighted by Gasteiger charge is 2.47. The molecule has 2 aliphatic carbocycles. The molecule has 3 fully saturated rings. The second-order valence-electron chi connectivity index (χ2n) is 36.0. The fourth-order valence-electron chi connectivity index (χ4n) is 17.0. The summed E-state index contributed by atoms with van der Waals surface area (Å²) in [6, 6.07) is 5.65. The Hall–Kier alpha value is -11.7. The van der Waals surface area contributed by atoms with E-state index in [1.807, 2.05) is 115 Å². The number of nitrogens with two attached hydrogens (primary N) is 4. The summed E-state index contributed by atoms with van der Waals surface area (Å²) in [5.74, 6) is -6.22. The highest BCUT2D eigenvalue weighted by atomic mass is 35.5. The summed E-state index contributed by atoms with van der Waals surface area (Å²) in [5, 5.41) is 17.6. The first kappa shape index (κ1) is 104. The molecule has 1 aliphatic heterocycles. The van der Waals surface area contributed by atoms with Crippen LogP contribution in [0.5, 0.6) is 23.0 Å². The predicted molar refractivity (Wildman–Crippen MR) is 515 cm³/mol.